The zero-order chi connectivity index (χ0) is 20.1. The molecule has 1 amide bonds. The van der Waals surface area contributed by atoms with E-state index in [4.69, 9.17) is 0 Å². The van der Waals surface area contributed by atoms with Crippen molar-refractivity contribution in [3.05, 3.63) is 24.8 Å². The Bertz CT molecular complexity index is 875. The van der Waals surface area contributed by atoms with Gasteiger partial charge in [0.15, 0.2) is 11.6 Å². The quantitative estimate of drug-likeness (QED) is 0.837. The zero-order valence-corrected chi connectivity index (χ0v) is 17.3. The second kappa shape index (κ2) is 7.03. The maximum Gasteiger partial charge on any atom is 0.225 e. The zero-order valence-electron chi connectivity index (χ0n) is 17.3. The number of nitrogens with one attached hydrogen (secondary N) is 1. The van der Waals surface area contributed by atoms with Gasteiger partial charge in [-0.2, -0.15) is 5.10 Å². The summed E-state index contributed by atoms with van der Waals surface area (Å²) in [6, 6.07) is 3.86. The van der Waals surface area contributed by atoms with Crippen molar-refractivity contribution in [2.45, 2.75) is 56.9 Å². The van der Waals surface area contributed by atoms with E-state index in [1.807, 2.05) is 12.1 Å². The number of rotatable bonds is 4. The fraction of sp³-hybridized carbons (Fsp3) is 0.682. The fourth-order valence-electron chi connectivity index (χ4n) is 6.96. The van der Waals surface area contributed by atoms with Crippen molar-refractivity contribution in [3.63, 3.8) is 0 Å². The Labute approximate surface area is 176 Å². The molecule has 1 N–H and O–H groups in total. The van der Waals surface area contributed by atoms with Crippen LogP contribution in [0.4, 0.5) is 5.82 Å². The molecule has 7 rings (SSSR count). The highest BCUT2D eigenvalue weighted by Gasteiger charge is 2.51. The molecule has 4 bridgehead atoms. The van der Waals surface area contributed by atoms with Crippen molar-refractivity contribution in [2.75, 3.05) is 18.0 Å². The second-order valence-electron chi connectivity index (χ2n) is 10.1. The molecule has 3 heterocycles. The van der Waals surface area contributed by atoms with Crippen molar-refractivity contribution in [1.29, 1.82) is 0 Å². The minimum absolute atomic E-state index is 0.0311. The number of amides is 1. The first-order valence-electron chi connectivity index (χ1n) is 11.4. The molecule has 30 heavy (non-hydrogen) atoms. The summed E-state index contributed by atoms with van der Waals surface area (Å²) in [6.45, 7) is 1.63. The van der Waals surface area contributed by atoms with E-state index >= 15 is 0 Å². The van der Waals surface area contributed by atoms with Crippen LogP contribution in [0.15, 0.2) is 24.8 Å². The Morgan fingerprint density at radius 3 is 2.37 bits per heavy atom. The summed E-state index contributed by atoms with van der Waals surface area (Å²) >= 11 is 0. The average molecular weight is 408 g/mol. The van der Waals surface area contributed by atoms with E-state index in [0.29, 0.717) is 5.82 Å². The Kier molecular flexibility index (Phi) is 4.28. The highest BCUT2D eigenvalue weighted by atomic mass is 16.2. The van der Waals surface area contributed by atoms with Crippen molar-refractivity contribution in [2.24, 2.45) is 23.7 Å². The summed E-state index contributed by atoms with van der Waals surface area (Å²) in [6.07, 6.45) is 12.9. The molecule has 8 nitrogen and oxygen atoms in total. The SMILES string of the molecule is O=C(NC12CC3CC(CC(C3)C1)C2)C1CCCN(c2ccc(-n3cncn3)nn2)C1. The van der Waals surface area contributed by atoms with Gasteiger partial charge in [-0.05, 0) is 81.3 Å². The molecule has 8 heteroatoms. The van der Waals surface area contributed by atoms with Crippen LogP contribution in [0.2, 0.25) is 0 Å². The van der Waals surface area contributed by atoms with Crippen LogP contribution in [-0.2, 0) is 4.79 Å². The summed E-state index contributed by atoms with van der Waals surface area (Å²) < 4.78 is 1.59. The topological polar surface area (TPSA) is 88.8 Å². The van der Waals surface area contributed by atoms with Crippen molar-refractivity contribution >= 4 is 11.7 Å². The molecular formula is C22H29N7O. The molecule has 0 spiro atoms. The Morgan fingerprint density at radius 2 is 1.73 bits per heavy atom. The van der Waals surface area contributed by atoms with Gasteiger partial charge in [0.25, 0.3) is 0 Å². The molecule has 158 valence electrons. The first-order chi connectivity index (χ1) is 14.7. The lowest BCUT2D eigenvalue weighted by Crippen LogP contribution is -2.61. The summed E-state index contributed by atoms with van der Waals surface area (Å²) in [5, 5.41) is 16.3. The predicted octanol–water partition coefficient (Wildman–Crippen LogP) is 2.36. The first kappa shape index (κ1) is 18.3. The highest BCUT2D eigenvalue weighted by Crippen LogP contribution is 2.55. The van der Waals surface area contributed by atoms with Gasteiger partial charge in [-0.1, -0.05) is 0 Å². The number of piperidine rings is 1. The monoisotopic (exact) mass is 407 g/mol. The standard InChI is InChI=1S/C22H29N7O/c30-21(25-22-9-15-6-16(10-22)8-17(7-15)11-22)18-2-1-5-28(12-18)19-3-4-20(27-26-19)29-14-23-13-24-29/h3-4,13-18H,1-2,5-12H2,(H,25,30). The third-order valence-corrected chi connectivity index (χ3v) is 7.83. The average Bonchev–Trinajstić information content (AvgIpc) is 3.28. The molecule has 1 atom stereocenters. The number of aromatic nitrogens is 5. The number of nitrogens with zero attached hydrogens (tertiary/aromatic N) is 6. The van der Waals surface area contributed by atoms with E-state index in [2.05, 4.69) is 30.5 Å². The minimum Gasteiger partial charge on any atom is -0.354 e. The number of hydrogen-bond acceptors (Lipinski definition) is 6. The van der Waals surface area contributed by atoms with Gasteiger partial charge in [0.1, 0.15) is 12.7 Å². The van der Waals surface area contributed by atoms with E-state index in [0.717, 1.165) is 49.5 Å². The molecule has 0 radical (unpaired) electrons. The molecular weight excluding hydrogens is 378 g/mol. The predicted molar refractivity (Wildman–Crippen MR) is 111 cm³/mol. The number of carbonyl (C=O) groups excluding carboxylic acids is 1. The van der Waals surface area contributed by atoms with Crippen LogP contribution in [0.1, 0.15) is 51.4 Å². The summed E-state index contributed by atoms with van der Waals surface area (Å²) in [5.74, 6) is 4.29. The van der Waals surface area contributed by atoms with E-state index in [1.54, 1.807) is 11.0 Å². The maximum absolute atomic E-state index is 13.3. The van der Waals surface area contributed by atoms with Gasteiger partial charge in [-0.15, -0.1) is 10.2 Å². The van der Waals surface area contributed by atoms with E-state index in [-0.39, 0.29) is 17.4 Å². The van der Waals surface area contributed by atoms with Crippen LogP contribution in [0.3, 0.4) is 0 Å². The third kappa shape index (κ3) is 3.26. The minimum atomic E-state index is 0.0311. The Hall–Kier alpha value is -2.51. The normalized spacial score (nSPS) is 34.9. The van der Waals surface area contributed by atoms with Gasteiger partial charge < -0.3 is 10.2 Å². The molecule has 2 aromatic rings. The largest absolute Gasteiger partial charge is 0.354 e. The van der Waals surface area contributed by atoms with E-state index in [9.17, 15) is 4.79 Å². The number of anilines is 1. The second-order valence-corrected chi connectivity index (χ2v) is 10.1. The van der Waals surface area contributed by atoms with Crippen LogP contribution in [0.5, 0.6) is 0 Å². The van der Waals surface area contributed by atoms with Crippen LogP contribution in [0, 0.1) is 23.7 Å². The molecule has 4 aliphatic carbocycles. The lowest BCUT2D eigenvalue weighted by atomic mass is 9.53. The molecule has 4 saturated carbocycles. The molecule has 1 saturated heterocycles. The first-order valence-corrected chi connectivity index (χ1v) is 11.4. The summed E-state index contributed by atoms with van der Waals surface area (Å²) in [7, 11) is 0. The molecule has 5 fully saturated rings. The van der Waals surface area contributed by atoms with Gasteiger partial charge in [0, 0.05) is 18.6 Å². The lowest BCUT2D eigenvalue weighted by Gasteiger charge is -2.57. The number of carbonyl (C=O) groups is 1. The molecule has 1 aliphatic heterocycles. The summed E-state index contributed by atoms with van der Waals surface area (Å²) in [5.41, 5.74) is 0.0906. The van der Waals surface area contributed by atoms with E-state index < -0.39 is 0 Å². The van der Waals surface area contributed by atoms with Gasteiger partial charge in [-0.25, -0.2) is 9.67 Å². The van der Waals surface area contributed by atoms with Gasteiger partial charge in [0.2, 0.25) is 5.91 Å². The van der Waals surface area contributed by atoms with Gasteiger partial charge in [0.05, 0.1) is 5.92 Å². The third-order valence-electron chi connectivity index (χ3n) is 7.83. The lowest BCUT2D eigenvalue weighted by molar-refractivity contribution is -0.131. The molecule has 5 aliphatic rings. The molecule has 0 aromatic carbocycles. The maximum atomic E-state index is 13.3. The van der Waals surface area contributed by atoms with Crippen LogP contribution >= 0.6 is 0 Å². The Morgan fingerprint density at radius 1 is 1.03 bits per heavy atom. The van der Waals surface area contributed by atoms with Crippen molar-refractivity contribution < 1.29 is 4.79 Å². The molecule has 1 unspecified atom stereocenters. The molecule has 2 aromatic heterocycles. The van der Waals surface area contributed by atoms with Crippen LogP contribution in [0.25, 0.3) is 5.82 Å². The van der Waals surface area contributed by atoms with Crippen LogP contribution in [-0.4, -0.2) is 49.5 Å². The summed E-state index contributed by atoms with van der Waals surface area (Å²) in [4.78, 5) is 19.4. The Balaban J connectivity index is 1.12. The fourth-order valence-corrected chi connectivity index (χ4v) is 6.96. The van der Waals surface area contributed by atoms with Crippen molar-refractivity contribution in [3.8, 4) is 5.82 Å². The van der Waals surface area contributed by atoms with Gasteiger partial charge >= 0.3 is 0 Å². The number of hydrogen-bond donors (Lipinski definition) is 1. The van der Waals surface area contributed by atoms with Gasteiger partial charge in [-0.3, -0.25) is 4.79 Å². The van der Waals surface area contributed by atoms with Crippen molar-refractivity contribution in [1.82, 2.24) is 30.3 Å². The van der Waals surface area contributed by atoms with Crippen LogP contribution < -0.4 is 10.2 Å². The van der Waals surface area contributed by atoms with E-state index in [1.165, 1.54) is 44.9 Å². The smallest absolute Gasteiger partial charge is 0.225 e. The highest BCUT2D eigenvalue weighted by molar-refractivity contribution is 5.80.